The van der Waals surface area contributed by atoms with Crippen LogP contribution < -0.4 is 5.32 Å². The molecule has 0 saturated heterocycles. The van der Waals surface area contributed by atoms with E-state index in [9.17, 15) is 19.1 Å². The number of aliphatic hydroxyl groups is 1. The number of rotatable bonds is 4. The van der Waals surface area contributed by atoms with Gasteiger partial charge in [0, 0.05) is 12.0 Å². The van der Waals surface area contributed by atoms with Gasteiger partial charge in [0.25, 0.3) is 5.91 Å². The van der Waals surface area contributed by atoms with E-state index in [-0.39, 0.29) is 23.7 Å². The van der Waals surface area contributed by atoms with E-state index in [1.165, 1.54) is 18.4 Å². The predicted molar refractivity (Wildman–Crippen MR) is 74.9 cm³/mol. The number of benzene rings is 1. The molecule has 1 aliphatic rings. The smallest absolute Gasteiger partial charge is 0.286 e. The van der Waals surface area contributed by atoms with Crippen LogP contribution in [0.2, 0.25) is 0 Å². The van der Waals surface area contributed by atoms with Crippen molar-refractivity contribution in [2.45, 2.75) is 6.42 Å². The van der Waals surface area contributed by atoms with E-state index in [0.29, 0.717) is 12.0 Å². The number of carbonyl (C=O) groups excluding carboxylic acids is 2. The Labute approximate surface area is 125 Å². The van der Waals surface area contributed by atoms with Gasteiger partial charge >= 0.3 is 0 Å². The molecule has 2 aromatic rings. The van der Waals surface area contributed by atoms with Gasteiger partial charge in [0.1, 0.15) is 5.82 Å². The van der Waals surface area contributed by atoms with Gasteiger partial charge in [-0.1, -0.05) is 12.1 Å². The van der Waals surface area contributed by atoms with E-state index in [1.54, 1.807) is 18.2 Å². The van der Waals surface area contributed by atoms with Gasteiger partial charge in [-0.3, -0.25) is 9.59 Å². The second kappa shape index (κ2) is 5.48. The first-order valence-corrected chi connectivity index (χ1v) is 6.62. The molecule has 0 unspecified atom stereocenters. The number of nitrogens with one attached hydrogen (secondary N) is 1. The normalized spacial score (nSPS) is 14.3. The Morgan fingerprint density at radius 2 is 2.00 bits per heavy atom. The van der Waals surface area contributed by atoms with Crippen molar-refractivity contribution in [3.63, 3.8) is 0 Å². The number of aliphatic hydroxyl groups excluding tert-OH is 1. The van der Waals surface area contributed by atoms with E-state index in [2.05, 4.69) is 5.32 Å². The zero-order valence-electron chi connectivity index (χ0n) is 11.4. The fourth-order valence-corrected chi connectivity index (χ4v) is 2.29. The third-order valence-electron chi connectivity index (χ3n) is 3.46. The van der Waals surface area contributed by atoms with E-state index in [1.807, 2.05) is 0 Å². The van der Waals surface area contributed by atoms with Gasteiger partial charge in [-0.2, -0.15) is 0 Å². The number of amides is 1. The zero-order chi connectivity index (χ0) is 15.7. The van der Waals surface area contributed by atoms with Crippen LogP contribution in [-0.2, 0) is 11.2 Å². The van der Waals surface area contributed by atoms with Gasteiger partial charge in [-0.25, -0.2) is 4.39 Å². The van der Waals surface area contributed by atoms with Crippen LogP contribution in [0.5, 0.6) is 0 Å². The molecule has 0 spiro atoms. The van der Waals surface area contributed by atoms with E-state index in [0.717, 1.165) is 5.56 Å². The summed E-state index contributed by atoms with van der Waals surface area (Å²) in [4.78, 5) is 23.6. The highest BCUT2D eigenvalue weighted by molar-refractivity contribution is 6.14. The zero-order valence-corrected chi connectivity index (χ0v) is 11.4. The second-order valence-corrected chi connectivity index (χ2v) is 4.92. The molecule has 0 saturated carbocycles. The highest BCUT2D eigenvalue weighted by Gasteiger charge is 2.30. The van der Waals surface area contributed by atoms with Crippen molar-refractivity contribution < 1.29 is 23.5 Å². The van der Waals surface area contributed by atoms with Crippen molar-refractivity contribution in [3.8, 4) is 0 Å². The van der Waals surface area contributed by atoms with Crippen molar-refractivity contribution in [3.05, 3.63) is 70.6 Å². The number of Topliss-reactive ketones (excluding diaryl/α,β-unsaturated/α-hetero) is 1. The summed E-state index contributed by atoms with van der Waals surface area (Å²) in [6.45, 7) is -0.0276. The maximum atomic E-state index is 12.9. The highest BCUT2D eigenvalue weighted by atomic mass is 19.1. The summed E-state index contributed by atoms with van der Waals surface area (Å²) in [5.74, 6) is -2.04. The molecule has 5 nitrogen and oxygen atoms in total. The number of carbonyl (C=O) groups is 2. The maximum Gasteiger partial charge on any atom is 0.286 e. The summed E-state index contributed by atoms with van der Waals surface area (Å²) >= 11 is 0. The van der Waals surface area contributed by atoms with Crippen LogP contribution in [0.3, 0.4) is 0 Å². The molecule has 0 aliphatic carbocycles. The van der Waals surface area contributed by atoms with Crippen LogP contribution in [0.15, 0.2) is 52.3 Å². The van der Waals surface area contributed by atoms with Crippen LogP contribution in [0.1, 0.15) is 21.7 Å². The Balaban J connectivity index is 1.88. The molecule has 1 amide bonds. The molecule has 0 bridgehead atoms. The van der Waals surface area contributed by atoms with E-state index < -0.39 is 17.4 Å². The molecule has 0 radical (unpaired) electrons. The van der Waals surface area contributed by atoms with Crippen molar-refractivity contribution in [2.24, 2.45) is 0 Å². The third-order valence-corrected chi connectivity index (χ3v) is 3.46. The number of furan rings is 1. The van der Waals surface area contributed by atoms with Crippen molar-refractivity contribution in [1.82, 2.24) is 5.32 Å². The molecule has 1 aromatic heterocycles. The molecule has 3 rings (SSSR count). The third kappa shape index (κ3) is 2.50. The van der Waals surface area contributed by atoms with Gasteiger partial charge in [0.2, 0.25) is 5.78 Å². The summed E-state index contributed by atoms with van der Waals surface area (Å²) in [6, 6.07) is 7.55. The minimum atomic E-state index is -0.671. The first-order chi connectivity index (χ1) is 10.6. The van der Waals surface area contributed by atoms with Crippen molar-refractivity contribution in [1.29, 1.82) is 0 Å². The van der Waals surface area contributed by atoms with Crippen LogP contribution in [0.4, 0.5) is 4.39 Å². The number of ketones is 1. The standard InChI is InChI=1S/C16H12FNO4/c17-11-3-1-9(2-4-11)7-10-5-6-22-15(10)13(19)12-8-18-16(21)14(12)20/h1-6,20H,7-8H2,(H,18,21). The van der Waals surface area contributed by atoms with Crippen LogP contribution in [-0.4, -0.2) is 23.3 Å². The minimum Gasteiger partial charge on any atom is -0.503 e. The lowest BCUT2D eigenvalue weighted by Gasteiger charge is -2.03. The lowest BCUT2D eigenvalue weighted by atomic mass is 10.0. The van der Waals surface area contributed by atoms with Gasteiger partial charge in [0.05, 0.1) is 18.4 Å². The summed E-state index contributed by atoms with van der Waals surface area (Å²) in [7, 11) is 0. The number of halogens is 1. The average molecular weight is 301 g/mol. The Kier molecular flexibility index (Phi) is 3.50. The molecule has 2 N–H and O–H groups in total. The Bertz CT molecular complexity index is 774. The van der Waals surface area contributed by atoms with Crippen LogP contribution in [0.25, 0.3) is 0 Å². The van der Waals surface area contributed by atoms with Gasteiger partial charge in [0.15, 0.2) is 11.5 Å². The average Bonchev–Trinajstić information content (AvgIpc) is 3.09. The molecule has 2 heterocycles. The number of hydrogen-bond acceptors (Lipinski definition) is 4. The van der Waals surface area contributed by atoms with Crippen molar-refractivity contribution >= 4 is 11.7 Å². The molecular weight excluding hydrogens is 289 g/mol. The largest absolute Gasteiger partial charge is 0.503 e. The minimum absolute atomic E-state index is 0.0136. The molecule has 112 valence electrons. The highest BCUT2D eigenvalue weighted by Crippen LogP contribution is 2.21. The summed E-state index contributed by atoms with van der Waals surface area (Å²) < 4.78 is 18.1. The van der Waals surface area contributed by atoms with Gasteiger partial charge in [-0.15, -0.1) is 0 Å². The fourth-order valence-electron chi connectivity index (χ4n) is 2.29. The maximum absolute atomic E-state index is 12.9. The van der Waals surface area contributed by atoms with Crippen LogP contribution in [0, 0.1) is 5.82 Å². The molecule has 0 fully saturated rings. The lowest BCUT2D eigenvalue weighted by molar-refractivity contribution is -0.118. The molecule has 22 heavy (non-hydrogen) atoms. The SMILES string of the molecule is O=C1NCC(C(=O)c2occc2Cc2ccc(F)cc2)=C1O. The van der Waals surface area contributed by atoms with Crippen LogP contribution >= 0.6 is 0 Å². The van der Waals surface area contributed by atoms with E-state index >= 15 is 0 Å². The monoisotopic (exact) mass is 301 g/mol. The van der Waals surface area contributed by atoms with Gasteiger partial charge < -0.3 is 14.8 Å². The number of hydrogen-bond donors (Lipinski definition) is 2. The Hall–Kier alpha value is -2.89. The molecular formula is C16H12FNO4. The van der Waals surface area contributed by atoms with Gasteiger partial charge in [-0.05, 0) is 23.8 Å². The summed E-state index contributed by atoms with van der Waals surface area (Å²) in [5.41, 5.74) is 1.41. The van der Waals surface area contributed by atoms with E-state index in [4.69, 9.17) is 4.42 Å². The second-order valence-electron chi connectivity index (χ2n) is 4.92. The Morgan fingerprint density at radius 3 is 2.64 bits per heavy atom. The summed E-state index contributed by atoms with van der Waals surface area (Å²) in [6.07, 6.45) is 1.75. The molecule has 1 aliphatic heterocycles. The first kappa shape index (κ1) is 14.1. The lowest BCUT2D eigenvalue weighted by Crippen LogP contribution is -2.18. The molecule has 1 aromatic carbocycles. The topological polar surface area (TPSA) is 79.5 Å². The fraction of sp³-hybridized carbons (Fsp3) is 0.125. The Morgan fingerprint density at radius 1 is 1.27 bits per heavy atom. The quantitative estimate of drug-likeness (QED) is 0.848. The molecule has 6 heteroatoms. The first-order valence-electron chi connectivity index (χ1n) is 6.62. The predicted octanol–water partition coefficient (Wildman–Crippen LogP) is 2.13. The summed E-state index contributed by atoms with van der Waals surface area (Å²) in [5, 5.41) is 12.0. The van der Waals surface area contributed by atoms with Crippen molar-refractivity contribution in [2.75, 3.05) is 6.54 Å². The molecule has 0 atom stereocenters.